The Morgan fingerprint density at radius 1 is 1.35 bits per heavy atom. The normalized spacial score (nSPS) is 15.9. The molecule has 0 radical (unpaired) electrons. The summed E-state index contributed by atoms with van der Waals surface area (Å²) in [6.07, 6.45) is 5.37. The molecule has 94 valence electrons. The van der Waals surface area contributed by atoms with Crippen LogP contribution in [0, 0.1) is 0 Å². The number of hydrogen-bond acceptors (Lipinski definition) is 6. The third-order valence-electron chi connectivity index (χ3n) is 2.80. The number of rotatable bonds is 5. The van der Waals surface area contributed by atoms with Crippen molar-refractivity contribution in [2.45, 2.75) is 19.3 Å². The van der Waals surface area contributed by atoms with Crippen molar-refractivity contribution in [3.63, 3.8) is 0 Å². The van der Waals surface area contributed by atoms with E-state index in [2.05, 4.69) is 25.4 Å². The molecular weight excluding hydrogens is 218 g/mol. The first kappa shape index (κ1) is 12.0. The van der Waals surface area contributed by atoms with E-state index >= 15 is 0 Å². The second-order valence-corrected chi connectivity index (χ2v) is 4.11. The second kappa shape index (κ2) is 6.34. The first-order valence-electron chi connectivity index (χ1n) is 6.07. The largest absolute Gasteiger partial charge is 0.383 e. The van der Waals surface area contributed by atoms with Gasteiger partial charge in [0, 0.05) is 26.7 Å². The highest BCUT2D eigenvalue weighted by Crippen LogP contribution is 2.15. The van der Waals surface area contributed by atoms with E-state index in [1.807, 2.05) is 0 Å². The van der Waals surface area contributed by atoms with E-state index < -0.39 is 0 Å². The number of nitrogens with one attached hydrogen (secondary N) is 1. The Labute approximate surface area is 101 Å². The van der Waals surface area contributed by atoms with Crippen LogP contribution in [0.3, 0.4) is 0 Å². The predicted octanol–water partition coefficient (Wildman–Crippen LogP) is 0.920. The van der Waals surface area contributed by atoms with Crippen LogP contribution in [-0.4, -0.2) is 48.5 Å². The first-order chi connectivity index (χ1) is 8.40. The third-order valence-corrected chi connectivity index (χ3v) is 2.80. The average molecular weight is 237 g/mol. The van der Waals surface area contributed by atoms with Crippen molar-refractivity contribution < 1.29 is 4.74 Å². The number of anilines is 2. The Bertz CT molecular complexity index is 340. The van der Waals surface area contributed by atoms with Crippen LogP contribution in [0.25, 0.3) is 0 Å². The van der Waals surface area contributed by atoms with Gasteiger partial charge in [-0.2, -0.15) is 10.1 Å². The molecule has 1 aromatic heterocycles. The lowest BCUT2D eigenvalue weighted by atomic mass is 10.1. The van der Waals surface area contributed by atoms with Gasteiger partial charge in [-0.25, -0.2) is 0 Å². The van der Waals surface area contributed by atoms with Crippen LogP contribution in [0.1, 0.15) is 19.3 Å². The van der Waals surface area contributed by atoms with Crippen LogP contribution >= 0.6 is 0 Å². The number of piperidine rings is 1. The van der Waals surface area contributed by atoms with Crippen LogP contribution in [0.15, 0.2) is 6.20 Å². The van der Waals surface area contributed by atoms with Crippen molar-refractivity contribution in [1.29, 1.82) is 0 Å². The molecule has 1 N–H and O–H groups in total. The van der Waals surface area contributed by atoms with Crippen molar-refractivity contribution in [3.8, 4) is 0 Å². The van der Waals surface area contributed by atoms with Gasteiger partial charge in [-0.15, -0.1) is 5.10 Å². The molecule has 0 amide bonds. The fourth-order valence-electron chi connectivity index (χ4n) is 1.89. The summed E-state index contributed by atoms with van der Waals surface area (Å²) in [5.74, 6) is 1.49. The standard InChI is InChI=1S/C11H19N5O/c1-17-8-5-12-10-9-13-15-11(14-10)16-6-3-2-4-7-16/h9H,2-8H2,1H3,(H,12,14,15). The van der Waals surface area contributed by atoms with E-state index in [1.54, 1.807) is 13.3 Å². The van der Waals surface area contributed by atoms with Crippen molar-refractivity contribution in [1.82, 2.24) is 15.2 Å². The summed E-state index contributed by atoms with van der Waals surface area (Å²) < 4.78 is 4.97. The number of hydrogen-bond donors (Lipinski definition) is 1. The Morgan fingerprint density at radius 2 is 2.18 bits per heavy atom. The quantitative estimate of drug-likeness (QED) is 0.768. The maximum atomic E-state index is 4.97. The number of aromatic nitrogens is 3. The van der Waals surface area contributed by atoms with Crippen molar-refractivity contribution in [2.75, 3.05) is 43.6 Å². The summed E-state index contributed by atoms with van der Waals surface area (Å²) in [7, 11) is 1.68. The smallest absolute Gasteiger partial charge is 0.247 e. The van der Waals surface area contributed by atoms with Crippen LogP contribution in [0.5, 0.6) is 0 Å². The van der Waals surface area contributed by atoms with Gasteiger partial charge in [-0.05, 0) is 19.3 Å². The Hall–Kier alpha value is -1.43. The van der Waals surface area contributed by atoms with E-state index in [1.165, 1.54) is 19.3 Å². The maximum Gasteiger partial charge on any atom is 0.247 e. The second-order valence-electron chi connectivity index (χ2n) is 4.11. The SMILES string of the molecule is COCCNc1cnnc(N2CCCCC2)n1. The third kappa shape index (κ3) is 3.52. The van der Waals surface area contributed by atoms with Gasteiger partial charge in [-0.1, -0.05) is 0 Å². The summed E-state index contributed by atoms with van der Waals surface area (Å²) in [6, 6.07) is 0. The van der Waals surface area contributed by atoms with E-state index in [9.17, 15) is 0 Å². The fraction of sp³-hybridized carbons (Fsp3) is 0.727. The summed E-state index contributed by atoms with van der Waals surface area (Å²) in [5, 5.41) is 11.2. The Balaban J connectivity index is 1.95. The highest BCUT2D eigenvalue weighted by atomic mass is 16.5. The molecule has 1 saturated heterocycles. The Kier molecular flexibility index (Phi) is 4.49. The topological polar surface area (TPSA) is 63.2 Å². The van der Waals surface area contributed by atoms with E-state index in [4.69, 9.17) is 4.74 Å². The van der Waals surface area contributed by atoms with E-state index in [0.29, 0.717) is 6.61 Å². The number of methoxy groups -OCH3 is 1. The molecule has 6 heteroatoms. The van der Waals surface area contributed by atoms with Gasteiger partial charge in [0.2, 0.25) is 5.95 Å². The Morgan fingerprint density at radius 3 is 2.94 bits per heavy atom. The molecule has 0 aromatic carbocycles. The minimum absolute atomic E-state index is 0.656. The minimum atomic E-state index is 0.656. The molecule has 1 aromatic rings. The zero-order chi connectivity index (χ0) is 11.9. The van der Waals surface area contributed by atoms with Crippen molar-refractivity contribution in [3.05, 3.63) is 6.20 Å². The average Bonchev–Trinajstić information content (AvgIpc) is 2.41. The van der Waals surface area contributed by atoms with E-state index in [0.717, 1.165) is 31.4 Å². The van der Waals surface area contributed by atoms with Crippen LogP contribution in [0.2, 0.25) is 0 Å². The number of ether oxygens (including phenoxy) is 1. The molecule has 0 bridgehead atoms. The zero-order valence-electron chi connectivity index (χ0n) is 10.2. The highest BCUT2D eigenvalue weighted by Gasteiger charge is 2.14. The van der Waals surface area contributed by atoms with Gasteiger partial charge in [-0.3, -0.25) is 0 Å². The summed E-state index contributed by atoms with van der Waals surface area (Å²) in [5.41, 5.74) is 0. The summed E-state index contributed by atoms with van der Waals surface area (Å²) in [4.78, 5) is 6.65. The van der Waals surface area contributed by atoms with Crippen molar-refractivity contribution >= 4 is 11.8 Å². The van der Waals surface area contributed by atoms with Gasteiger partial charge in [0.1, 0.15) is 0 Å². The first-order valence-corrected chi connectivity index (χ1v) is 6.07. The zero-order valence-corrected chi connectivity index (χ0v) is 10.2. The molecule has 2 rings (SSSR count). The van der Waals surface area contributed by atoms with Crippen molar-refractivity contribution in [2.24, 2.45) is 0 Å². The fourth-order valence-corrected chi connectivity index (χ4v) is 1.89. The summed E-state index contributed by atoms with van der Waals surface area (Å²) in [6.45, 7) is 3.45. The molecule has 0 atom stereocenters. The molecule has 1 aliphatic rings. The van der Waals surface area contributed by atoms with Gasteiger partial charge in [0.05, 0.1) is 12.8 Å². The molecule has 17 heavy (non-hydrogen) atoms. The molecule has 0 spiro atoms. The van der Waals surface area contributed by atoms with Crippen LogP contribution in [0.4, 0.5) is 11.8 Å². The minimum Gasteiger partial charge on any atom is -0.383 e. The van der Waals surface area contributed by atoms with Crippen LogP contribution in [-0.2, 0) is 4.74 Å². The van der Waals surface area contributed by atoms with Gasteiger partial charge in [0.25, 0.3) is 0 Å². The molecule has 1 fully saturated rings. The lowest BCUT2D eigenvalue weighted by molar-refractivity contribution is 0.210. The predicted molar refractivity (Wildman–Crippen MR) is 66.3 cm³/mol. The van der Waals surface area contributed by atoms with Crippen LogP contribution < -0.4 is 10.2 Å². The maximum absolute atomic E-state index is 4.97. The molecule has 2 heterocycles. The molecular formula is C11H19N5O. The van der Waals surface area contributed by atoms with Gasteiger partial charge < -0.3 is 15.0 Å². The monoisotopic (exact) mass is 237 g/mol. The lowest BCUT2D eigenvalue weighted by Crippen LogP contribution is -2.31. The molecule has 1 aliphatic heterocycles. The van der Waals surface area contributed by atoms with Gasteiger partial charge in [0.15, 0.2) is 5.82 Å². The molecule has 6 nitrogen and oxygen atoms in total. The lowest BCUT2D eigenvalue weighted by Gasteiger charge is -2.26. The molecule has 0 saturated carbocycles. The molecule has 0 unspecified atom stereocenters. The molecule has 0 aliphatic carbocycles. The van der Waals surface area contributed by atoms with Gasteiger partial charge >= 0.3 is 0 Å². The number of nitrogens with zero attached hydrogens (tertiary/aromatic N) is 4. The highest BCUT2D eigenvalue weighted by molar-refractivity contribution is 5.38. The van der Waals surface area contributed by atoms with E-state index in [-0.39, 0.29) is 0 Å². The summed E-state index contributed by atoms with van der Waals surface area (Å²) >= 11 is 0.